The molecule has 0 unspecified atom stereocenters. The summed E-state index contributed by atoms with van der Waals surface area (Å²) in [5.41, 5.74) is 5.72. The predicted octanol–water partition coefficient (Wildman–Crippen LogP) is 7.22. The van der Waals surface area contributed by atoms with Gasteiger partial charge >= 0.3 is 5.97 Å². The van der Waals surface area contributed by atoms with Crippen molar-refractivity contribution in [2.75, 3.05) is 6.61 Å². The molecule has 3 nitrogen and oxygen atoms in total. The molecule has 0 heterocycles. The number of aliphatic carboxylic acids is 1. The zero-order chi connectivity index (χ0) is 22.9. The van der Waals surface area contributed by atoms with Crippen LogP contribution in [0.15, 0.2) is 35.9 Å². The number of hydrogen-bond acceptors (Lipinski definition) is 2. The Morgan fingerprint density at radius 1 is 1.03 bits per heavy atom. The van der Waals surface area contributed by atoms with Gasteiger partial charge in [-0.1, -0.05) is 52.8 Å². The van der Waals surface area contributed by atoms with Crippen molar-refractivity contribution in [1.82, 2.24) is 0 Å². The number of carbonyl (C=O) groups is 1. The highest BCUT2D eigenvalue weighted by molar-refractivity contribution is 5.81. The smallest absolute Gasteiger partial charge is 0.328 e. The van der Waals surface area contributed by atoms with E-state index in [0.29, 0.717) is 0 Å². The Kier molecular flexibility index (Phi) is 6.74. The van der Waals surface area contributed by atoms with E-state index in [-0.39, 0.29) is 16.2 Å². The quantitative estimate of drug-likeness (QED) is 0.336. The van der Waals surface area contributed by atoms with E-state index in [1.807, 2.05) is 13.0 Å². The lowest BCUT2D eigenvalue weighted by Gasteiger charge is -2.42. The maximum absolute atomic E-state index is 10.8. The molecule has 0 aromatic heterocycles. The van der Waals surface area contributed by atoms with Crippen LogP contribution in [0.4, 0.5) is 0 Å². The van der Waals surface area contributed by atoms with Crippen molar-refractivity contribution < 1.29 is 14.6 Å². The van der Waals surface area contributed by atoms with E-state index in [2.05, 4.69) is 52.8 Å². The van der Waals surface area contributed by atoms with Gasteiger partial charge in [-0.2, -0.15) is 0 Å². The van der Waals surface area contributed by atoms with Crippen LogP contribution < -0.4 is 4.74 Å². The number of fused-ring (bicyclic) bond motifs is 1. The zero-order valence-electron chi connectivity index (χ0n) is 20.3. The first-order valence-electron chi connectivity index (χ1n) is 11.9. The number of carboxylic acid groups (broad SMARTS) is 1. The monoisotopic (exact) mass is 424 g/mol. The number of hydrogen-bond donors (Lipinski definition) is 1. The first-order chi connectivity index (χ1) is 14.5. The molecule has 3 heteroatoms. The molecular weight excluding hydrogens is 384 g/mol. The van der Waals surface area contributed by atoms with Crippen molar-refractivity contribution >= 4 is 5.97 Å². The number of ether oxygens (including phenoxy) is 1. The SMILES string of the molecule is CCCOc1cc2c(cc1C1(CCC=CC(C)=CC(=O)O)CC1)C(C)(C)CCC2(C)C. The maximum Gasteiger partial charge on any atom is 0.328 e. The first kappa shape index (κ1) is 23.6. The van der Waals surface area contributed by atoms with Crippen molar-refractivity contribution in [2.24, 2.45) is 0 Å². The van der Waals surface area contributed by atoms with E-state index < -0.39 is 5.97 Å². The minimum atomic E-state index is -0.891. The molecule has 31 heavy (non-hydrogen) atoms. The molecule has 0 atom stereocenters. The summed E-state index contributed by atoms with van der Waals surface area (Å²) in [4.78, 5) is 10.8. The normalized spacial score (nSPS) is 21.0. The van der Waals surface area contributed by atoms with Crippen molar-refractivity contribution in [3.05, 3.63) is 52.6 Å². The molecule has 0 aliphatic heterocycles. The second kappa shape index (κ2) is 8.84. The minimum Gasteiger partial charge on any atom is -0.493 e. The predicted molar refractivity (Wildman–Crippen MR) is 128 cm³/mol. The molecule has 3 rings (SSSR count). The first-order valence-corrected chi connectivity index (χ1v) is 11.9. The van der Waals surface area contributed by atoms with Gasteiger partial charge < -0.3 is 9.84 Å². The molecule has 0 amide bonds. The highest BCUT2D eigenvalue weighted by atomic mass is 16.5. The summed E-state index contributed by atoms with van der Waals surface area (Å²) < 4.78 is 6.34. The lowest BCUT2D eigenvalue weighted by atomic mass is 9.62. The molecule has 0 bridgehead atoms. The summed E-state index contributed by atoms with van der Waals surface area (Å²) in [6.45, 7) is 14.3. The Balaban J connectivity index is 1.92. The van der Waals surface area contributed by atoms with E-state index in [1.165, 1.54) is 48.4 Å². The van der Waals surface area contributed by atoms with Crippen molar-refractivity contribution in [3.8, 4) is 5.75 Å². The average molecular weight is 425 g/mol. The highest BCUT2D eigenvalue weighted by Gasteiger charge is 2.47. The van der Waals surface area contributed by atoms with Crippen LogP contribution in [0, 0.1) is 0 Å². The van der Waals surface area contributed by atoms with E-state index >= 15 is 0 Å². The Morgan fingerprint density at radius 3 is 2.19 bits per heavy atom. The van der Waals surface area contributed by atoms with Gasteiger partial charge in [-0.25, -0.2) is 4.79 Å². The van der Waals surface area contributed by atoms with Gasteiger partial charge in [0, 0.05) is 11.6 Å². The Hall–Kier alpha value is -2.03. The van der Waals surface area contributed by atoms with Gasteiger partial charge in [0.05, 0.1) is 6.61 Å². The van der Waals surface area contributed by atoms with E-state index in [1.54, 1.807) is 0 Å². The molecule has 1 aromatic rings. The molecule has 2 aliphatic carbocycles. The fourth-order valence-corrected chi connectivity index (χ4v) is 5.02. The summed E-state index contributed by atoms with van der Waals surface area (Å²) in [6, 6.07) is 4.87. The summed E-state index contributed by atoms with van der Waals surface area (Å²) >= 11 is 0. The highest BCUT2D eigenvalue weighted by Crippen LogP contribution is 2.57. The molecular formula is C28H40O3. The van der Waals surface area contributed by atoms with Crippen LogP contribution in [0.3, 0.4) is 0 Å². The Morgan fingerprint density at radius 2 is 1.65 bits per heavy atom. The van der Waals surface area contributed by atoms with E-state index in [4.69, 9.17) is 9.84 Å². The summed E-state index contributed by atoms with van der Waals surface area (Å²) in [7, 11) is 0. The molecule has 2 aliphatic rings. The standard InChI is InChI=1S/C28H40O3/c1-7-16-31-24-19-22-21(26(3,4)12-13-27(22,5)6)18-23(24)28(14-15-28)11-9-8-10-20(2)17-25(29)30/h8,10,17-19H,7,9,11-16H2,1-6H3,(H,29,30). The van der Waals surface area contributed by atoms with Crippen molar-refractivity contribution in [1.29, 1.82) is 0 Å². The lowest BCUT2D eigenvalue weighted by Crippen LogP contribution is -2.34. The lowest BCUT2D eigenvalue weighted by molar-refractivity contribution is -0.131. The number of benzene rings is 1. The van der Waals surface area contributed by atoms with Crippen molar-refractivity contribution in [2.45, 2.75) is 103 Å². The fourth-order valence-electron chi connectivity index (χ4n) is 5.02. The average Bonchev–Trinajstić information content (AvgIpc) is 3.47. The van der Waals surface area contributed by atoms with Gasteiger partial charge in [-0.3, -0.25) is 0 Å². The minimum absolute atomic E-state index is 0.182. The van der Waals surface area contributed by atoms with Gasteiger partial charge in [0.15, 0.2) is 0 Å². The molecule has 1 saturated carbocycles. The maximum atomic E-state index is 10.8. The molecule has 170 valence electrons. The molecule has 0 spiro atoms. The third-order valence-corrected chi connectivity index (χ3v) is 7.36. The zero-order valence-corrected chi connectivity index (χ0v) is 20.3. The van der Waals surface area contributed by atoms with Crippen LogP contribution in [0.5, 0.6) is 5.75 Å². The molecule has 1 fully saturated rings. The summed E-state index contributed by atoms with van der Waals surface area (Å²) in [5, 5.41) is 8.88. The largest absolute Gasteiger partial charge is 0.493 e. The van der Waals surface area contributed by atoms with Crippen LogP contribution >= 0.6 is 0 Å². The number of rotatable bonds is 9. The van der Waals surface area contributed by atoms with Crippen LogP contribution in [0.1, 0.15) is 103 Å². The Bertz CT molecular complexity index is 882. The van der Waals surface area contributed by atoms with Gasteiger partial charge in [0.1, 0.15) is 5.75 Å². The molecule has 1 N–H and O–H groups in total. The second-order valence-electron chi connectivity index (χ2n) is 11.0. The van der Waals surface area contributed by atoms with Crippen LogP contribution in [-0.4, -0.2) is 17.7 Å². The van der Waals surface area contributed by atoms with E-state index in [0.717, 1.165) is 37.2 Å². The van der Waals surface area contributed by atoms with Crippen molar-refractivity contribution in [3.63, 3.8) is 0 Å². The van der Waals surface area contributed by atoms with Gasteiger partial charge in [-0.05, 0) is 90.9 Å². The van der Waals surface area contributed by atoms with Crippen LogP contribution in [0.2, 0.25) is 0 Å². The Labute approximate surface area is 188 Å². The van der Waals surface area contributed by atoms with Crippen LogP contribution in [0.25, 0.3) is 0 Å². The van der Waals surface area contributed by atoms with Crippen LogP contribution in [-0.2, 0) is 21.0 Å². The fraction of sp³-hybridized carbons (Fsp3) is 0.607. The third kappa shape index (κ3) is 5.25. The summed E-state index contributed by atoms with van der Waals surface area (Å²) in [5.74, 6) is 0.202. The van der Waals surface area contributed by atoms with Gasteiger partial charge in [-0.15, -0.1) is 0 Å². The van der Waals surface area contributed by atoms with E-state index in [9.17, 15) is 4.79 Å². The van der Waals surface area contributed by atoms with Gasteiger partial charge in [0.2, 0.25) is 0 Å². The molecule has 0 saturated heterocycles. The second-order valence-corrected chi connectivity index (χ2v) is 11.0. The molecule has 1 aromatic carbocycles. The van der Waals surface area contributed by atoms with Gasteiger partial charge in [0.25, 0.3) is 0 Å². The topological polar surface area (TPSA) is 46.5 Å². The summed E-state index contributed by atoms with van der Waals surface area (Å²) in [6.07, 6.45) is 13.2. The third-order valence-electron chi connectivity index (χ3n) is 7.36. The number of carboxylic acids is 1. The molecule has 0 radical (unpaired) electrons. The number of allylic oxidation sites excluding steroid dienone is 3.